The molecule has 3 amide bonds. The number of nitrogens with one attached hydrogen (secondary N) is 2. The van der Waals surface area contributed by atoms with Crippen LogP contribution in [0.2, 0.25) is 0 Å². The van der Waals surface area contributed by atoms with Crippen LogP contribution in [0.5, 0.6) is 0 Å². The highest BCUT2D eigenvalue weighted by Gasteiger charge is 2.24. The van der Waals surface area contributed by atoms with Crippen LogP contribution in [-0.4, -0.2) is 61.8 Å². The number of likely N-dealkylation sites (tertiary alicyclic amines) is 1. The average molecular weight is 485 g/mol. The zero-order valence-corrected chi connectivity index (χ0v) is 20.4. The molecule has 0 radical (unpaired) electrons. The van der Waals surface area contributed by atoms with Crippen molar-refractivity contribution in [1.82, 2.24) is 14.5 Å². The van der Waals surface area contributed by atoms with Gasteiger partial charge in [0.05, 0.1) is 4.90 Å². The molecule has 1 saturated heterocycles. The first-order valence-electron chi connectivity index (χ1n) is 11.5. The lowest BCUT2D eigenvalue weighted by Crippen LogP contribution is -2.47. The third kappa shape index (κ3) is 6.68. The third-order valence-electron chi connectivity index (χ3n) is 5.80. The first-order valence-corrected chi connectivity index (χ1v) is 13.0. The number of hydrogen-bond acceptors (Lipinski definition) is 4. The van der Waals surface area contributed by atoms with Crippen LogP contribution in [0.3, 0.4) is 0 Å². The van der Waals surface area contributed by atoms with Crippen molar-refractivity contribution in [2.45, 2.75) is 37.6 Å². The first-order chi connectivity index (χ1) is 16.3. The summed E-state index contributed by atoms with van der Waals surface area (Å²) < 4.78 is 26.5. The van der Waals surface area contributed by atoms with Gasteiger partial charge in [-0.3, -0.25) is 4.79 Å². The quantitative estimate of drug-likeness (QED) is 0.560. The second-order valence-corrected chi connectivity index (χ2v) is 10.00. The van der Waals surface area contributed by atoms with Crippen molar-refractivity contribution in [2.75, 3.05) is 31.5 Å². The predicted octanol–water partition coefficient (Wildman–Crippen LogP) is 3.54. The van der Waals surface area contributed by atoms with E-state index in [9.17, 15) is 18.0 Å². The summed E-state index contributed by atoms with van der Waals surface area (Å²) in [7, 11) is -3.50. The zero-order valence-electron chi connectivity index (χ0n) is 19.6. The number of anilines is 1. The van der Waals surface area contributed by atoms with Gasteiger partial charge in [0.15, 0.2) is 0 Å². The second kappa shape index (κ2) is 11.8. The van der Waals surface area contributed by atoms with Gasteiger partial charge >= 0.3 is 6.03 Å². The Bertz CT molecular complexity index is 1090. The summed E-state index contributed by atoms with van der Waals surface area (Å²) in [5.41, 5.74) is 1.49. The van der Waals surface area contributed by atoms with Crippen LogP contribution in [0, 0.1) is 0 Å². The Kier molecular flexibility index (Phi) is 8.84. The standard InChI is InChI=1S/C25H32N4O4S/c1-3-29(4-2)34(32,33)23-13-10-20(11-14-23)12-15-24(30)26-22-16-18-28(19-17-22)25(31)27-21-8-6-5-7-9-21/h5-15,22H,3-4,16-19H2,1-2H3,(H,26,30)(H,27,31)/b15-12+. The topological polar surface area (TPSA) is 98.8 Å². The molecule has 8 nitrogen and oxygen atoms in total. The zero-order chi connectivity index (χ0) is 24.6. The molecule has 182 valence electrons. The van der Waals surface area contributed by atoms with Gasteiger partial charge < -0.3 is 15.5 Å². The maximum Gasteiger partial charge on any atom is 0.321 e. The molecule has 0 unspecified atom stereocenters. The van der Waals surface area contributed by atoms with E-state index >= 15 is 0 Å². The molecule has 1 aliphatic rings. The highest BCUT2D eigenvalue weighted by atomic mass is 32.2. The fraction of sp³-hybridized carbons (Fsp3) is 0.360. The van der Waals surface area contributed by atoms with Crippen molar-refractivity contribution < 1.29 is 18.0 Å². The number of sulfonamides is 1. The number of carbonyl (C=O) groups excluding carboxylic acids is 2. The molecule has 2 N–H and O–H groups in total. The molecule has 2 aromatic rings. The molecule has 9 heteroatoms. The Morgan fingerprint density at radius 2 is 1.62 bits per heavy atom. The Morgan fingerprint density at radius 1 is 1.00 bits per heavy atom. The number of benzene rings is 2. The molecule has 1 heterocycles. The molecule has 0 aliphatic carbocycles. The van der Waals surface area contributed by atoms with E-state index in [0.29, 0.717) is 39.0 Å². The number of amides is 3. The Balaban J connectivity index is 1.47. The molecule has 0 saturated carbocycles. The van der Waals surface area contributed by atoms with E-state index in [1.165, 1.54) is 10.4 Å². The molecule has 0 spiro atoms. The summed E-state index contributed by atoms with van der Waals surface area (Å²) in [4.78, 5) is 26.7. The number of hydrogen-bond donors (Lipinski definition) is 2. The van der Waals surface area contributed by atoms with Gasteiger partial charge in [0.2, 0.25) is 15.9 Å². The lowest BCUT2D eigenvalue weighted by Gasteiger charge is -2.32. The molecule has 3 rings (SSSR count). The van der Waals surface area contributed by atoms with Crippen molar-refractivity contribution >= 4 is 33.7 Å². The van der Waals surface area contributed by atoms with Gasteiger partial charge in [-0.15, -0.1) is 0 Å². The van der Waals surface area contributed by atoms with E-state index in [0.717, 1.165) is 11.3 Å². The average Bonchev–Trinajstić information content (AvgIpc) is 2.84. The predicted molar refractivity (Wildman–Crippen MR) is 134 cm³/mol. The van der Waals surface area contributed by atoms with Crippen LogP contribution in [0.15, 0.2) is 65.6 Å². The summed E-state index contributed by atoms with van der Waals surface area (Å²) in [6.07, 6.45) is 4.47. The minimum Gasteiger partial charge on any atom is -0.350 e. The summed E-state index contributed by atoms with van der Waals surface area (Å²) >= 11 is 0. The SMILES string of the molecule is CCN(CC)S(=O)(=O)c1ccc(/C=C/C(=O)NC2CCN(C(=O)Nc3ccccc3)CC2)cc1. The van der Waals surface area contributed by atoms with E-state index in [1.807, 2.05) is 30.3 Å². The van der Waals surface area contributed by atoms with Crippen LogP contribution in [-0.2, 0) is 14.8 Å². The molecule has 0 aromatic heterocycles. The van der Waals surface area contributed by atoms with Gasteiger partial charge in [0.1, 0.15) is 0 Å². The highest BCUT2D eigenvalue weighted by molar-refractivity contribution is 7.89. The smallest absolute Gasteiger partial charge is 0.321 e. The van der Waals surface area contributed by atoms with Gasteiger partial charge in [-0.25, -0.2) is 13.2 Å². The van der Waals surface area contributed by atoms with Crippen LogP contribution in [0.4, 0.5) is 10.5 Å². The lowest BCUT2D eigenvalue weighted by molar-refractivity contribution is -0.117. The van der Waals surface area contributed by atoms with Crippen molar-refractivity contribution in [3.63, 3.8) is 0 Å². The van der Waals surface area contributed by atoms with Gasteiger partial charge in [-0.05, 0) is 48.7 Å². The van der Waals surface area contributed by atoms with E-state index in [4.69, 9.17) is 0 Å². The molecule has 2 aromatic carbocycles. The maximum absolute atomic E-state index is 12.6. The summed E-state index contributed by atoms with van der Waals surface area (Å²) in [5, 5.41) is 5.86. The number of piperidine rings is 1. The Hall–Kier alpha value is -3.17. The van der Waals surface area contributed by atoms with Gasteiger partial charge in [-0.1, -0.05) is 44.2 Å². The van der Waals surface area contributed by atoms with E-state index in [-0.39, 0.29) is 22.9 Å². The van der Waals surface area contributed by atoms with Gasteiger partial charge in [0, 0.05) is 44.0 Å². The third-order valence-corrected chi connectivity index (χ3v) is 7.87. The van der Waals surface area contributed by atoms with E-state index < -0.39 is 10.0 Å². The number of carbonyl (C=O) groups is 2. The van der Waals surface area contributed by atoms with Gasteiger partial charge in [0.25, 0.3) is 0 Å². The normalized spacial score (nSPS) is 15.0. The first kappa shape index (κ1) is 25.5. The van der Waals surface area contributed by atoms with Gasteiger partial charge in [-0.2, -0.15) is 4.31 Å². The Morgan fingerprint density at radius 3 is 2.21 bits per heavy atom. The molecule has 0 bridgehead atoms. The molecular formula is C25H32N4O4S. The largest absolute Gasteiger partial charge is 0.350 e. The number of nitrogens with zero attached hydrogens (tertiary/aromatic N) is 2. The van der Waals surface area contributed by atoms with Crippen LogP contribution >= 0.6 is 0 Å². The molecular weight excluding hydrogens is 452 g/mol. The molecule has 34 heavy (non-hydrogen) atoms. The fourth-order valence-electron chi connectivity index (χ4n) is 3.84. The lowest BCUT2D eigenvalue weighted by atomic mass is 10.1. The summed E-state index contributed by atoms with van der Waals surface area (Å²) in [5.74, 6) is -0.216. The Labute approximate surface area is 201 Å². The number of para-hydroxylation sites is 1. The molecule has 0 atom stereocenters. The van der Waals surface area contributed by atoms with E-state index in [1.54, 1.807) is 49.1 Å². The molecule has 1 fully saturated rings. The minimum atomic E-state index is -3.50. The van der Waals surface area contributed by atoms with Crippen molar-refractivity contribution in [3.05, 3.63) is 66.2 Å². The van der Waals surface area contributed by atoms with Crippen molar-refractivity contribution in [2.24, 2.45) is 0 Å². The maximum atomic E-state index is 12.6. The summed E-state index contributed by atoms with van der Waals surface area (Å²) in [6, 6.07) is 15.7. The van der Waals surface area contributed by atoms with Crippen molar-refractivity contribution in [1.29, 1.82) is 0 Å². The van der Waals surface area contributed by atoms with Crippen LogP contribution < -0.4 is 10.6 Å². The highest BCUT2D eigenvalue weighted by Crippen LogP contribution is 2.17. The monoisotopic (exact) mass is 484 g/mol. The second-order valence-electron chi connectivity index (χ2n) is 8.06. The fourth-order valence-corrected chi connectivity index (χ4v) is 5.29. The van der Waals surface area contributed by atoms with Crippen molar-refractivity contribution in [3.8, 4) is 0 Å². The van der Waals surface area contributed by atoms with E-state index in [2.05, 4.69) is 10.6 Å². The van der Waals surface area contributed by atoms with Crippen LogP contribution in [0.1, 0.15) is 32.3 Å². The number of rotatable bonds is 8. The number of urea groups is 1. The van der Waals surface area contributed by atoms with Crippen LogP contribution in [0.25, 0.3) is 6.08 Å². The summed E-state index contributed by atoms with van der Waals surface area (Å²) in [6.45, 7) is 5.57. The minimum absolute atomic E-state index is 0.000449. The molecule has 1 aliphatic heterocycles.